The Kier molecular flexibility index (Phi) is 4.18. The van der Waals surface area contributed by atoms with Crippen molar-refractivity contribution in [3.05, 3.63) is 42.5 Å². The van der Waals surface area contributed by atoms with Crippen molar-refractivity contribution in [2.24, 2.45) is 5.92 Å². The zero-order valence-corrected chi connectivity index (χ0v) is 12.7. The molecule has 1 aromatic carbocycles. The predicted molar refractivity (Wildman–Crippen MR) is 84.4 cm³/mol. The lowest BCUT2D eigenvalue weighted by molar-refractivity contribution is 0.339. The van der Waals surface area contributed by atoms with Crippen LogP contribution in [0.2, 0.25) is 0 Å². The van der Waals surface area contributed by atoms with E-state index in [4.69, 9.17) is 4.74 Å². The van der Waals surface area contributed by atoms with Gasteiger partial charge in [-0.1, -0.05) is 31.9 Å². The summed E-state index contributed by atoms with van der Waals surface area (Å²) < 4.78 is 5.18. The monoisotopic (exact) mass is 282 g/mol. The van der Waals surface area contributed by atoms with Crippen molar-refractivity contribution in [2.75, 3.05) is 7.11 Å². The Morgan fingerprint density at radius 3 is 2.10 bits per heavy atom. The summed E-state index contributed by atoms with van der Waals surface area (Å²) in [6, 6.07) is 8.01. The third kappa shape index (κ3) is 3.23. The van der Waals surface area contributed by atoms with E-state index in [0.717, 1.165) is 28.6 Å². The summed E-state index contributed by atoms with van der Waals surface area (Å²) in [6.07, 6.45) is 8.94. The van der Waals surface area contributed by atoms with Crippen LogP contribution in [-0.2, 0) is 0 Å². The highest BCUT2D eigenvalue weighted by Crippen LogP contribution is 2.34. The van der Waals surface area contributed by atoms with E-state index >= 15 is 0 Å². The van der Waals surface area contributed by atoms with Gasteiger partial charge in [-0.05, 0) is 36.5 Å². The molecule has 2 aromatic rings. The Morgan fingerprint density at radius 1 is 0.905 bits per heavy atom. The lowest BCUT2D eigenvalue weighted by Crippen LogP contribution is -2.13. The topological polar surface area (TPSA) is 35.0 Å². The third-order valence-corrected chi connectivity index (χ3v) is 4.48. The van der Waals surface area contributed by atoms with E-state index in [2.05, 4.69) is 16.9 Å². The Labute approximate surface area is 126 Å². The minimum atomic E-state index is 0.547. The maximum Gasteiger partial charge on any atom is 0.131 e. The van der Waals surface area contributed by atoms with Crippen LogP contribution < -0.4 is 4.74 Å². The van der Waals surface area contributed by atoms with Gasteiger partial charge in [0, 0.05) is 23.9 Å². The first-order valence-electron chi connectivity index (χ1n) is 7.72. The van der Waals surface area contributed by atoms with Crippen molar-refractivity contribution < 1.29 is 4.74 Å². The van der Waals surface area contributed by atoms with E-state index in [1.807, 2.05) is 36.7 Å². The first kappa shape index (κ1) is 14.1. The molecule has 3 nitrogen and oxygen atoms in total. The van der Waals surface area contributed by atoms with Gasteiger partial charge in [-0.2, -0.15) is 0 Å². The van der Waals surface area contributed by atoms with Crippen molar-refractivity contribution in [1.29, 1.82) is 0 Å². The smallest absolute Gasteiger partial charge is 0.131 e. The van der Waals surface area contributed by atoms with Crippen LogP contribution in [-0.4, -0.2) is 17.1 Å². The van der Waals surface area contributed by atoms with Crippen molar-refractivity contribution >= 4 is 0 Å². The fraction of sp³-hybridized carbons (Fsp3) is 0.444. The molecule has 3 rings (SSSR count). The molecule has 0 atom stereocenters. The van der Waals surface area contributed by atoms with E-state index in [9.17, 15) is 0 Å². The van der Waals surface area contributed by atoms with Gasteiger partial charge in [0.2, 0.25) is 0 Å². The second kappa shape index (κ2) is 6.25. The van der Waals surface area contributed by atoms with Crippen molar-refractivity contribution in [3.63, 3.8) is 0 Å². The van der Waals surface area contributed by atoms with Gasteiger partial charge in [0.05, 0.1) is 7.11 Å². The maximum absolute atomic E-state index is 5.18. The fourth-order valence-electron chi connectivity index (χ4n) is 3.00. The minimum absolute atomic E-state index is 0.547. The lowest BCUT2D eigenvalue weighted by Gasteiger charge is -2.24. The highest BCUT2D eigenvalue weighted by molar-refractivity contribution is 5.62. The molecule has 1 aromatic heterocycles. The van der Waals surface area contributed by atoms with Crippen LogP contribution in [0.25, 0.3) is 11.1 Å². The van der Waals surface area contributed by atoms with Gasteiger partial charge in [-0.3, -0.25) is 0 Å². The van der Waals surface area contributed by atoms with Gasteiger partial charge >= 0.3 is 0 Å². The summed E-state index contributed by atoms with van der Waals surface area (Å²) in [6.45, 7) is 2.34. The molecule has 0 unspecified atom stereocenters. The Bertz CT molecular complexity index is 569. The van der Waals surface area contributed by atoms with Crippen molar-refractivity contribution in [3.8, 4) is 16.9 Å². The molecule has 1 heterocycles. The second-order valence-electron chi connectivity index (χ2n) is 6.02. The van der Waals surface area contributed by atoms with Crippen LogP contribution in [0, 0.1) is 5.92 Å². The lowest BCUT2D eigenvalue weighted by atomic mass is 9.82. The van der Waals surface area contributed by atoms with Gasteiger partial charge in [0.1, 0.15) is 11.6 Å². The third-order valence-electron chi connectivity index (χ3n) is 4.48. The minimum Gasteiger partial charge on any atom is -0.497 e. The highest BCUT2D eigenvalue weighted by atomic mass is 16.5. The number of aromatic nitrogens is 2. The zero-order chi connectivity index (χ0) is 14.7. The van der Waals surface area contributed by atoms with Crippen LogP contribution in [0.15, 0.2) is 36.7 Å². The molecule has 0 spiro atoms. The molecule has 21 heavy (non-hydrogen) atoms. The van der Waals surface area contributed by atoms with Crippen LogP contribution in [0.4, 0.5) is 0 Å². The van der Waals surface area contributed by atoms with Gasteiger partial charge in [-0.25, -0.2) is 9.97 Å². The highest BCUT2D eigenvalue weighted by Gasteiger charge is 2.21. The molecule has 0 saturated heterocycles. The first-order chi connectivity index (χ1) is 10.3. The van der Waals surface area contributed by atoms with Crippen LogP contribution in [0.5, 0.6) is 5.75 Å². The molecule has 0 radical (unpaired) electrons. The predicted octanol–water partition coefficient (Wildman–Crippen LogP) is 4.45. The van der Waals surface area contributed by atoms with Gasteiger partial charge < -0.3 is 4.74 Å². The van der Waals surface area contributed by atoms with Gasteiger partial charge in [0.15, 0.2) is 0 Å². The summed E-state index contributed by atoms with van der Waals surface area (Å²) in [4.78, 5) is 9.21. The molecule has 1 saturated carbocycles. The number of methoxy groups -OCH3 is 1. The van der Waals surface area contributed by atoms with E-state index in [0.29, 0.717) is 5.92 Å². The largest absolute Gasteiger partial charge is 0.497 e. The standard InChI is InChI=1S/C18H22N2O/c1-13-3-5-15(6-4-13)18-19-11-16(12-20-18)14-7-9-17(21-2)10-8-14/h7-13,15H,3-6H2,1-2H3. The average molecular weight is 282 g/mol. The average Bonchev–Trinajstić information content (AvgIpc) is 2.56. The van der Waals surface area contributed by atoms with Crippen LogP contribution >= 0.6 is 0 Å². The number of hydrogen-bond donors (Lipinski definition) is 0. The Morgan fingerprint density at radius 2 is 1.52 bits per heavy atom. The van der Waals surface area contributed by atoms with E-state index in [-0.39, 0.29) is 0 Å². The molecular formula is C18H22N2O. The maximum atomic E-state index is 5.18. The normalized spacial score (nSPS) is 22.0. The summed E-state index contributed by atoms with van der Waals surface area (Å²) in [5.74, 6) is 3.29. The summed E-state index contributed by atoms with van der Waals surface area (Å²) in [7, 11) is 1.68. The quantitative estimate of drug-likeness (QED) is 0.834. The molecule has 3 heteroatoms. The van der Waals surface area contributed by atoms with Gasteiger partial charge in [0.25, 0.3) is 0 Å². The molecule has 0 N–H and O–H groups in total. The summed E-state index contributed by atoms with van der Waals surface area (Å²) >= 11 is 0. The Balaban J connectivity index is 1.74. The first-order valence-corrected chi connectivity index (χ1v) is 7.72. The van der Waals surface area contributed by atoms with Crippen LogP contribution in [0.1, 0.15) is 44.3 Å². The number of ether oxygens (including phenoxy) is 1. The fourth-order valence-corrected chi connectivity index (χ4v) is 3.00. The van der Waals surface area contributed by atoms with Crippen LogP contribution in [0.3, 0.4) is 0 Å². The Hall–Kier alpha value is -1.90. The van der Waals surface area contributed by atoms with E-state index < -0.39 is 0 Å². The number of rotatable bonds is 3. The van der Waals surface area contributed by atoms with Crippen molar-refractivity contribution in [2.45, 2.75) is 38.5 Å². The summed E-state index contributed by atoms with van der Waals surface area (Å²) in [5, 5.41) is 0. The molecule has 1 aliphatic carbocycles. The molecule has 0 bridgehead atoms. The second-order valence-corrected chi connectivity index (χ2v) is 6.02. The number of benzene rings is 1. The molecule has 0 amide bonds. The number of hydrogen-bond acceptors (Lipinski definition) is 3. The zero-order valence-electron chi connectivity index (χ0n) is 12.7. The summed E-state index contributed by atoms with van der Waals surface area (Å²) in [5.41, 5.74) is 2.19. The SMILES string of the molecule is COc1ccc(-c2cnc(C3CCC(C)CC3)nc2)cc1. The van der Waals surface area contributed by atoms with Gasteiger partial charge in [-0.15, -0.1) is 0 Å². The molecule has 0 aliphatic heterocycles. The molecule has 1 aliphatic rings. The van der Waals surface area contributed by atoms with E-state index in [1.54, 1.807) is 7.11 Å². The molecular weight excluding hydrogens is 260 g/mol. The molecule has 1 fully saturated rings. The molecule has 110 valence electrons. The number of nitrogens with zero attached hydrogens (tertiary/aromatic N) is 2. The van der Waals surface area contributed by atoms with E-state index in [1.165, 1.54) is 25.7 Å². The van der Waals surface area contributed by atoms with Crippen molar-refractivity contribution in [1.82, 2.24) is 9.97 Å².